The zero-order valence-corrected chi connectivity index (χ0v) is 18.9. The highest BCUT2D eigenvalue weighted by Gasteiger charge is 2.58. The van der Waals surface area contributed by atoms with Crippen molar-refractivity contribution in [3.05, 3.63) is 17.0 Å². The van der Waals surface area contributed by atoms with Crippen LogP contribution in [0, 0.1) is 5.41 Å². The van der Waals surface area contributed by atoms with Gasteiger partial charge in [0.25, 0.3) is 0 Å². The van der Waals surface area contributed by atoms with Gasteiger partial charge in [-0.2, -0.15) is 0 Å². The summed E-state index contributed by atoms with van der Waals surface area (Å²) >= 11 is 0. The van der Waals surface area contributed by atoms with E-state index >= 15 is 0 Å². The molecule has 7 heteroatoms. The normalized spacial score (nSPS) is 25.1. The Labute approximate surface area is 168 Å². The van der Waals surface area contributed by atoms with Gasteiger partial charge in [0, 0.05) is 44.1 Å². The van der Waals surface area contributed by atoms with Crippen LogP contribution in [0.15, 0.2) is 9.52 Å². The number of guanidine groups is 1. The lowest BCUT2D eigenvalue weighted by Crippen LogP contribution is -2.69. The number of methoxy groups -OCH3 is 1. The summed E-state index contributed by atoms with van der Waals surface area (Å²) in [6, 6.07) is 0.326. The summed E-state index contributed by atoms with van der Waals surface area (Å²) in [5.41, 5.74) is 2.12. The fraction of sp³-hybridized carbons (Fsp3) is 0.778. The van der Waals surface area contributed by atoms with Gasteiger partial charge in [0.1, 0.15) is 5.76 Å². The van der Waals surface area contributed by atoms with Crippen molar-refractivity contribution in [2.24, 2.45) is 10.4 Å². The van der Waals surface area contributed by atoms with Crippen LogP contribution in [0.5, 0.6) is 0 Å². The summed E-state index contributed by atoms with van der Waals surface area (Å²) < 4.78 is 11.1. The molecule has 1 aromatic rings. The van der Waals surface area contributed by atoms with Gasteiger partial charge in [0.15, 0.2) is 5.96 Å². The van der Waals surface area contributed by atoms with E-state index < -0.39 is 0 Å². The third-order valence-corrected chi connectivity index (χ3v) is 5.85. The van der Waals surface area contributed by atoms with E-state index in [1.54, 1.807) is 14.2 Å². The maximum atomic E-state index is 5.69. The van der Waals surface area contributed by atoms with Crippen LogP contribution in [-0.2, 0) is 24.1 Å². The number of nitrogens with zero attached hydrogens (tertiary/aromatic N) is 2. The van der Waals surface area contributed by atoms with E-state index in [0.29, 0.717) is 12.6 Å². The van der Waals surface area contributed by atoms with E-state index in [2.05, 4.69) is 55.4 Å². The quantitative estimate of drug-likeness (QED) is 0.384. The zero-order valence-electron chi connectivity index (χ0n) is 16.5. The molecule has 0 spiro atoms. The van der Waals surface area contributed by atoms with Crippen molar-refractivity contribution in [3.8, 4) is 0 Å². The predicted octanol–water partition coefficient (Wildman–Crippen LogP) is 3.29. The van der Waals surface area contributed by atoms with Gasteiger partial charge < -0.3 is 19.9 Å². The van der Waals surface area contributed by atoms with Crippen LogP contribution in [-0.4, -0.2) is 36.9 Å². The molecule has 2 unspecified atom stereocenters. The molecule has 1 aliphatic carbocycles. The molecule has 0 bridgehead atoms. The van der Waals surface area contributed by atoms with Crippen LogP contribution >= 0.6 is 24.0 Å². The summed E-state index contributed by atoms with van der Waals surface area (Å²) in [6.45, 7) is 11.5. The second-order valence-electron chi connectivity index (χ2n) is 7.22. The molecular weight excluding hydrogens is 431 g/mol. The number of rotatable bonds is 6. The Balaban J connectivity index is 0.00000312. The lowest BCUT2D eigenvalue weighted by atomic mass is 9.56. The lowest BCUT2D eigenvalue weighted by molar-refractivity contribution is -0.176. The second-order valence-corrected chi connectivity index (χ2v) is 7.22. The molecule has 6 nitrogen and oxygen atoms in total. The second kappa shape index (κ2) is 8.70. The van der Waals surface area contributed by atoms with E-state index in [4.69, 9.17) is 9.26 Å². The van der Waals surface area contributed by atoms with Gasteiger partial charge in [0.05, 0.1) is 11.3 Å². The first-order chi connectivity index (χ1) is 11.3. The Hall–Kier alpha value is -0.830. The Morgan fingerprint density at radius 2 is 2.00 bits per heavy atom. The highest BCUT2D eigenvalue weighted by molar-refractivity contribution is 14.0. The molecule has 0 aliphatic heterocycles. The fourth-order valence-corrected chi connectivity index (χ4v) is 3.39. The molecule has 25 heavy (non-hydrogen) atoms. The molecule has 2 N–H and O–H groups in total. The summed E-state index contributed by atoms with van der Waals surface area (Å²) in [4.78, 5) is 4.36. The first kappa shape index (κ1) is 22.2. The molecule has 1 saturated carbocycles. The van der Waals surface area contributed by atoms with E-state index in [1.807, 2.05) is 0 Å². The molecule has 2 atom stereocenters. The van der Waals surface area contributed by atoms with E-state index in [-0.39, 0.29) is 35.0 Å². The van der Waals surface area contributed by atoms with Gasteiger partial charge in [-0.05, 0) is 19.8 Å². The number of aliphatic imine (C=N–C) groups is 1. The predicted molar refractivity (Wildman–Crippen MR) is 112 cm³/mol. The van der Waals surface area contributed by atoms with Crippen molar-refractivity contribution in [3.63, 3.8) is 0 Å². The number of ether oxygens (including phenoxy) is 1. The number of hydrogen-bond acceptors (Lipinski definition) is 4. The van der Waals surface area contributed by atoms with Crippen LogP contribution in [0.3, 0.4) is 0 Å². The number of halogens is 1. The largest absolute Gasteiger partial charge is 0.378 e. The van der Waals surface area contributed by atoms with E-state index in [1.165, 1.54) is 0 Å². The number of hydrogen-bond donors (Lipinski definition) is 2. The van der Waals surface area contributed by atoms with Crippen molar-refractivity contribution in [1.82, 2.24) is 15.8 Å². The molecular formula is C18H33IN4O2. The third kappa shape index (κ3) is 4.13. The summed E-state index contributed by atoms with van der Waals surface area (Å²) in [6.07, 6.45) is 2.68. The minimum atomic E-state index is -0.0945. The van der Waals surface area contributed by atoms with Crippen LogP contribution in [0.25, 0.3) is 0 Å². The first-order valence-electron chi connectivity index (χ1n) is 8.81. The van der Waals surface area contributed by atoms with Crippen LogP contribution < -0.4 is 10.6 Å². The Kier molecular flexibility index (Phi) is 7.73. The Morgan fingerprint density at radius 1 is 1.32 bits per heavy atom. The van der Waals surface area contributed by atoms with Crippen molar-refractivity contribution < 1.29 is 9.26 Å². The van der Waals surface area contributed by atoms with Gasteiger partial charge in [-0.15, -0.1) is 24.0 Å². The van der Waals surface area contributed by atoms with E-state index in [9.17, 15) is 0 Å². The molecule has 0 saturated heterocycles. The maximum absolute atomic E-state index is 5.69. The summed E-state index contributed by atoms with van der Waals surface area (Å²) in [5, 5.41) is 11.1. The molecule has 0 aromatic carbocycles. The topological polar surface area (TPSA) is 71.7 Å². The van der Waals surface area contributed by atoms with Crippen LogP contribution in [0.2, 0.25) is 0 Å². The molecule has 1 aliphatic rings. The minimum Gasteiger partial charge on any atom is -0.378 e. The van der Waals surface area contributed by atoms with Crippen LogP contribution in [0.1, 0.15) is 58.1 Å². The van der Waals surface area contributed by atoms with Crippen molar-refractivity contribution in [1.29, 1.82) is 0 Å². The van der Waals surface area contributed by atoms with Crippen LogP contribution in [0.4, 0.5) is 0 Å². The fourth-order valence-electron chi connectivity index (χ4n) is 3.39. The monoisotopic (exact) mass is 464 g/mol. The third-order valence-electron chi connectivity index (χ3n) is 5.85. The minimum absolute atomic E-state index is 0. The van der Waals surface area contributed by atoms with E-state index in [0.717, 1.165) is 42.2 Å². The van der Waals surface area contributed by atoms with Gasteiger partial charge in [-0.25, -0.2) is 0 Å². The van der Waals surface area contributed by atoms with Crippen molar-refractivity contribution >= 4 is 29.9 Å². The first-order valence-corrected chi connectivity index (χ1v) is 8.81. The zero-order chi connectivity index (χ0) is 18.0. The average molecular weight is 464 g/mol. The molecule has 144 valence electrons. The molecule has 1 fully saturated rings. The highest BCUT2D eigenvalue weighted by atomic mass is 127. The summed E-state index contributed by atoms with van der Waals surface area (Å²) in [7, 11) is 3.58. The molecule has 0 amide bonds. The molecule has 1 heterocycles. The smallest absolute Gasteiger partial charge is 0.191 e. The molecule has 0 radical (unpaired) electrons. The lowest BCUT2D eigenvalue weighted by Gasteiger charge is -2.59. The Bertz CT molecular complexity index is 578. The van der Waals surface area contributed by atoms with Gasteiger partial charge in [-0.1, -0.05) is 32.9 Å². The van der Waals surface area contributed by atoms with Crippen molar-refractivity contribution in [2.75, 3.05) is 14.2 Å². The molecule has 2 rings (SSSR count). The Morgan fingerprint density at radius 3 is 2.48 bits per heavy atom. The van der Waals surface area contributed by atoms with Crippen molar-refractivity contribution in [2.45, 2.75) is 72.1 Å². The maximum Gasteiger partial charge on any atom is 0.191 e. The molecule has 1 aromatic heterocycles. The van der Waals surface area contributed by atoms with Gasteiger partial charge >= 0.3 is 0 Å². The van der Waals surface area contributed by atoms with Gasteiger partial charge in [0.2, 0.25) is 0 Å². The number of aromatic nitrogens is 1. The number of aryl methyl sites for hydroxylation is 2. The number of nitrogens with one attached hydrogen (secondary N) is 2. The SMILES string of the molecule is CCc1noc(CC)c1CNC(=NC)NC1CC(C)(OC)C1(C)C.I. The van der Waals surface area contributed by atoms with Gasteiger partial charge in [-0.3, -0.25) is 4.99 Å². The average Bonchev–Trinajstić information content (AvgIpc) is 2.99. The highest BCUT2D eigenvalue weighted by Crippen LogP contribution is 2.51. The summed E-state index contributed by atoms with van der Waals surface area (Å²) in [5.74, 6) is 1.75. The standard InChI is InChI=1S/C18H32N4O2.HI/c1-8-13-12(14(9-2)24-22-13)11-20-16(19-6)21-15-10-18(5,23-7)17(15,3)4;/h15H,8-11H2,1-7H3,(H2,19,20,21);1H.